The molecule has 0 bridgehead atoms. The van der Waals surface area contributed by atoms with Crippen molar-refractivity contribution in [2.45, 2.75) is 31.5 Å². The summed E-state index contributed by atoms with van der Waals surface area (Å²) in [5, 5.41) is 2.69. The zero-order valence-electron chi connectivity index (χ0n) is 10.9. The number of rotatable bonds is 3. The molecule has 110 valence electrons. The SMILES string of the molecule is NCC1CCCC1NC(=O)c1ccccc1C(F)(F)F. The van der Waals surface area contributed by atoms with Crippen LogP contribution in [0.5, 0.6) is 0 Å². The molecule has 0 spiro atoms. The van der Waals surface area contributed by atoms with Crippen molar-refractivity contribution in [2.75, 3.05) is 6.54 Å². The van der Waals surface area contributed by atoms with Gasteiger partial charge in [-0.2, -0.15) is 13.2 Å². The van der Waals surface area contributed by atoms with Crippen LogP contribution in [0, 0.1) is 5.92 Å². The summed E-state index contributed by atoms with van der Waals surface area (Å²) < 4.78 is 38.6. The van der Waals surface area contributed by atoms with E-state index in [0.717, 1.165) is 25.3 Å². The molecule has 1 aliphatic rings. The number of hydrogen-bond acceptors (Lipinski definition) is 2. The number of hydrogen-bond donors (Lipinski definition) is 2. The van der Waals surface area contributed by atoms with Gasteiger partial charge in [0.05, 0.1) is 11.1 Å². The molecule has 0 radical (unpaired) electrons. The van der Waals surface area contributed by atoms with Crippen LogP contribution in [0.3, 0.4) is 0 Å². The van der Waals surface area contributed by atoms with Gasteiger partial charge >= 0.3 is 6.18 Å². The fraction of sp³-hybridized carbons (Fsp3) is 0.500. The van der Waals surface area contributed by atoms with Crippen molar-refractivity contribution >= 4 is 5.91 Å². The highest BCUT2D eigenvalue weighted by molar-refractivity contribution is 5.96. The van der Waals surface area contributed by atoms with Crippen LogP contribution < -0.4 is 11.1 Å². The predicted molar refractivity (Wildman–Crippen MR) is 69.1 cm³/mol. The number of nitrogens with two attached hydrogens (primary N) is 1. The maximum absolute atomic E-state index is 12.9. The van der Waals surface area contributed by atoms with Crippen LogP contribution in [0.4, 0.5) is 13.2 Å². The molecule has 1 aliphatic carbocycles. The van der Waals surface area contributed by atoms with Gasteiger partial charge in [0.2, 0.25) is 0 Å². The normalized spacial score (nSPS) is 22.8. The zero-order valence-corrected chi connectivity index (χ0v) is 10.9. The summed E-state index contributed by atoms with van der Waals surface area (Å²) in [4.78, 5) is 12.1. The van der Waals surface area contributed by atoms with Gasteiger partial charge in [0.25, 0.3) is 5.91 Å². The topological polar surface area (TPSA) is 55.1 Å². The molecule has 0 aliphatic heterocycles. The second kappa shape index (κ2) is 5.83. The molecular weight excluding hydrogens is 269 g/mol. The number of halogens is 3. The van der Waals surface area contributed by atoms with Crippen molar-refractivity contribution in [3.63, 3.8) is 0 Å². The largest absolute Gasteiger partial charge is 0.417 e. The standard InChI is InChI=1S/C14H17F3N2O/c15-14(16,17)11-6-2-1-5-10(11)13(20)19-12-7-3-4-9(12)8-18/h1-2,5-6,9,12H,3-4,7-8,18H2,(H,19,20). The molecule has 0 heterocycles. The lowest BCUT2D eigenvalue weighted by Gasteiger charge is -2.20. The molecule has 2 unspecified atom stereocenters. The van der Waals surface area contributed by atoms with Gasteiger partial charge in [-0.15, -0.1) is 0 Å². The lowest BCUT2D eigenvalue weighted by molar-refractivity contribution is -0.137. The maximum atomic E-state index is 12.9. The minimum atomic E-state index is -4.53. The number of carbonyl (C=O) groups is 1. The highest BCUT2D eigenvalue weighted by atomic mass is 19.4. The van der Waals surface area contributed by atoms with Crippen LogP contribution in [0.2, 0.25) is 0 Å². The van der Waals surface area contributed by atoms with Crippen molar-refractivity contribution in [2.24, 2.45) is 11.7 Å². The average molecular weight is 286 g/mol. The molecule has 6 heteroatoms. The molecule has 1 aromatic rings. The fourth-order valence-corrected chi connectivity index (χ4v) is 2.68. The number of nitrogens with one attached hydrogen (secondary N) is 1. The Morgan fingerprint density at radius 3 is 2.65 bits per heavy atom. The first-order chi connectivity index (χ1) is 9.43. The van der Waals surface area contributed by atoms with E-state index in [9.17, 15) is 18.0 Å². The number of benzene rings is 1. The molecule has 2 rings (SSSR count). The lowest BCUT2D eigenvalue weighted by atomic mass is 10.0. The summed E-state index contributed by atoms with van der Waals surface area (Å²) in [6.45, 7) is 0.436. The van der Waals surface area contributed by atoms with E-state index < -0.39 is 17.6 Å². The highest BCUT2D eigenvalue weighted by Crippen LogP contribution is 2.32. The molecule has 20 heavy (non-hydrogen) atoms. The Bertz CT molecular complexity index is 488. The third-order valence-electron chi connectivity index (χ3n) is 3.76. The Hall–Kier alpha value is -1.56. The number of amides is 1. The van der Waals surface area contributed by atoms with Crippen molar-refractivity contribution in [1.29, 1.82) is 0 Å². The summed E-state index contributed by atoms with van der Waals surface area (Å²) in [7, 11) is 0. The summed E-state index contributed by atoms with van der Waals surface area (Å²) in [6, 6.07) is 4.69. The minimum Gasteiger partial charge on any atom is -0.349 e. The molecule has 0 aromatic heterocycles. The lowest BCUT2D eigenvalue weighted by Crippen LogP contribution is -2.40. The van der Waals surface area contributed by atoms with Gasteiger partial charge in [0, 0.05) is 6.04 Å². The first-order valence-corrected chi connectivity index (χ1v) is 6.60. The van der Waals surface area contributed by atoms with E-state index in [1.165, 1.54) is 18.2 Å². The van der Waals surface area contributed by atoms with E-state index in [1.54, 1.807) is 0 Å². The quantitative estimate of drug-likeness (QED) is 0.897. The Kier molecular flexibility index (Phi) is 4.32. The van der Waals surface area contributed by atoms with Gasteiger partial charge in [-0.3, -0.25) is 4.79 Å². The van der Waals surface area contributed by atoms with Gasteiger partial charge in [-0.25, -0.2) is 0 Å². The van der Waals surface area contributed by atoms with Crippen molar-refractivity contribution in [3.05, 3.63) is 35.4 Å². The summed E-state index contributed by atoms with van der Waals surface area (Å²) in [6.07, 6.45) is -1.92. The molecule has 1 fully saturated rings. The van der Waals surface area contributed by atoms with E-state index >= 15 is 0 Å². The summed E-state index contributed by atoms with van der Waals surface area (Å²) in [5.74, 6) is -0.528. The van der Waals surface area contributed by atoms with Crippen LogP contribution in [-0.4, -0.2) is 18.5 Å². The molecule has 1 saturated carbocycles. The van der Waals surface area contributed by atoms with Crippen molar-refractivity contribution in [1.82, 2.24) is 5.32 Å². The van der Waals surface area contributed by atoms with Crippen LogP contribution in [0.25, 0.3) is 0 Å². The van der Waals surface area contributed by atoms with E-state index in [4.69, 9.17) is 5.73 Å². The average Bonchev–Trinajstić information content (AvgIpc) is 2.85. The van der Waals surface area contributed by atoms with Gasteiger partial charge < -0.3 is 11.1 Å². The second-order valence-corrected chi connectivity index (χ2v) is 5.05. The third kappa shape index (κ3) is 3.12. The number of carbonyl (C=O) groups excluding carboxylic acids is 1. The minimum absolute atomic E-state index is 0.131. The van der Waals surface area contributed by atoms with E-state index in [1.807, 2.05) is 0 Å². The molecule has 3 nitrogen and oxygen atoms in total. The fourth-order valence-electron chi connectivity index (χ4n) is 2.68. The maximum Gasteiger partial charge on any atom is 0.417 e. The van der Waals surface area contributed by atoms with E-state index in [-0.39, 0.29) is 17.5 Å². The first kappa shape index (κ1) is 14.8. The van der Waals surface area contributed by atoms with Crippen molar-refractivity contribution < 1.29 is 18.0 Å². The molecule has 3 N–H and O–H groups in total. The second-order valence-electron chi connectivity index (χ2n) is 5.05. The highest BCUT2D eigenvalue weighted by Gasteiger charge is 2.36. The van der Waals surface area contributed by atoms with Crippen LogP contribution in [0.15, 0.2) is 24.3 Å². The van der Waals surface area contributed by atoms with Crippen LogP contribution >= 0.6 is 0 Å². The summed E-state index contributed by atoms with van der Waals surface area (Å²) >= 11 is 0. The smallest absolute Gasteiger partial charge is 0.349 e. The monoisotopic (exact) mass is 286 g/mol. The van der Waals surface area contributed by atoms with Crippen molar-refractivity contribution in [3.8, 4) is 0 Å². The van der Waals surface area contributed by atoms with Gasteiger partial charge in [0.15, 0.2) is 0 Å². The zero-order chi connectivity index (χ0) is 14.8. The Labute approximate surface area is 115 Å². The van der Waals surface area contributed by atoms with E-state index in [2.05, 4.69) is 5.32 Å². The van der Waals surface area contributed by atoms with E-state index in [0.29, 0.717) is 6.54 Å². The Morgan fingerprint density at radius 1 is 1.30 bits per heavy atom. The van der Waals surface area contributed by atoms with Gasteiger partial charge in [-0.05, 0) is 37.4 Å². The Morgan fingerprint density at radius 2 is 2.00 bits per heavy atom. The summed E-state index contributed by atoms with van der Waals surface area (Å²) in [5.41, 5.74) is 4.37. The molecule has 2 atom stereocenters. The molecule has 1 aromatic carbocycles. The van der Waals surface area contributed by atoms with Crippen LogP contribution in [-0.2, 0) is 6.18 Å². The molecule has 0 saturated heterocycles. The van der Waals surface area contributed by atoms with Gasteiger partial charge in [-0.1, -0.05) is 18.6 Å². The number of alkyl halides is 3. The first-order valence-electron chi connectivity index (χ1n) is 6.60. The molecule has 1 amide bonds. The Balaban J connectivity index is 2.18. The third-order valence-corrected chi connectivity index (χ3v) is 3.76. The predicted octanol–water partition coefficient (Wildman–Crippen LogP) is 2.56. The molecular formula is C14H17F3N2O. The van der Waals surface area contributed by atoms with Gasteiger partial charge in [0.1, 0.15) is 0 Å². The van der Waals surface area contributed by atoms with Crippen LogP contribution in [0.1, 0.15) is 35.2 Å².